The third kappa shape index (κ3) is 2.28. The van der Waals surface area contributed by atoms with E-state index in [-0.39, 0.29) is 0 Å². The Balaban J connectivity index is 1.78. The van der Waals surface area contributed by atoms with Crippen LogP contribution in [0.25, 0.3) is 10.2 Å². The molecule has 0 radical (unpaired) electrons. The molecular formula is C14H19N3S. The average Bonchev–Trinajstić information content (AvgIpc) is 2.81. The van der Waals surface area contributed by atoms with E-state index in [1.807, 2.05) is 0 Å². The quantitative estimate of drug-likeness (QED) is 0.902. The van der Waals surface area contributed by atoms with Crippen molar-refractivity contribution in [3.05, 3.63) is 28.8 Å². The Kier molecular flexibility index (Phi) is 3.09. The predicted molar refractivity (Wildman–Crippen MR) is 76.8 cm³/mol. The summed E-state index contributed by atoms with van der Waals surface area (Å²) in [5.41, 5.74) is 8.55. The number of likely N-dealkylation sites (tertiary alicyclic amines) is 1. The molecule has 0 aliphatic carbocycles. The molecule has 96 valence electrons. The summed E-state index contributed by atoms with van der Waals surface area (Å²) in [4.78, 5) is 6.94. The van der Waals surface area contributed by atoms with Gasteiger partial charge in [0.15, 0.2) is 0 Å². The smallest absolute Gasteiger partial charge is 0.0907 e. The number of fused-ring (bicyclic) bond motifs is 1. The fourth-order valence-electron chi connectivity index (χ4n) is 2.67. The Morgan fingerprint density at radius 2 is 2.28 bits per heavy atom. The molecule has 1 aromatic heterocycles. The minimum Gasteiger partial charge on any atom is -0.326 e. The molecule has 1 fully saturated rings. The van der Waals surface area contributed by atoms with Crippen LogP contribution in [-0.4, -0.2) is 29.0 Å². The Bertz CT molecular complexity index is 553. The summed E-state index contributed by atoms with van der Waals surface area (Å²) in [5, 5.41) is 1.14. The molecule has 2 aromatic rings. The molecule has 2 atom stereocenters. The first-order chi connectivity index (χ1) is 8.61. The van der Waals surface area contributed by atoms with Gasteiger partial charge in [-0.3, -0.25) is 4.90 Å². The van der Waals surface area contributed by atoms with Gasteiger partial charge in [-0.15, -0.1) is 11.3 Å². The highest BCUT2D eigenvalue weighted by molar-refractivity contribution is 7.18. The van der Waals surface area contributed by atoms with E-state index in [4.69, 9.17) is 5.73 Å². The lowest BCUT2D eigenvalue weighted by Crippen LogP contribution is -2.28. The van der Waals surface area contributed by atoms with Crippen molar-refractivity contribution < 1.29 is 0 Å². The fourth-order valence-corrected chi connectivity index (χ4v) is 3.56. The normalized spacial score (nSPS) is 25.1. The SMILES string of the molecule is Cc1nc2ccc(CN3CC(C)C(N)C3)cc2s1. The Morgan fingerprint density at radius 1 is 1.44 bits per heavy atom. The minimum atomic E-state index is 0.333. The number of nitrogens with zero attached hydrogens (tertiary/aromatic N) is 2. The number of aromatic nitrogens is 1. The highest BCUT2D eigenvalue weighted by Crippen LogP contribution is 2.24. The van der Waals surface area contributed by atoms with Crippen LogP contribution in [0.5, 0.6) is 0 Å². The molecule has 1 aromatic carbocycles. The summed E-state index contributed by atoms with van der Waals surface area (Å²) in [5.74, 6) is 0.611. The van der Waals surface area contributed by atoms with E-state index in [0.29, 0.717) is 12.0 Å². The number of nitrogens with two attached hydrogens (primary N) is 1. The summed E-state index contributed by atoms with van der Waals surface area (Å²) in [6.45, 7) is 7.43. The first-order valence-corrected chi connectivity index (χ1v) is 7.27. The van der Waals surface area contributed by atoms with Gasteiger partial charge in [-0.2, -0.15) is 0 Å². The van der Waals surface area contributed by atoms with Crippen molar-refractivity contribution in [2.75, 3.05) is 13.1 Å². The van der Waals surface area contributed by atoms with Crippen LogP contribution in [0.1, 0.15) is 17.5 Å². The second-order valence-electron chi connectivity index (χ2n) is 5.37. The van der Waals surface area contributed by atoms with E-state index in [0.717, 1.165) is 30.2 Å². The van der Waals surface area contributed by atoms with Crippen molar-refractivity contribution in [2.45, 2.75) is 26.4 Å². The molecule has 0 bridgehead atoms. The lowest BCUT2D eigenvalue weighted by Gasteiger charge is -2.15. The number of hydrogen-bond donors (Lipinski definition) is 1. The number of aryl methyl sites for hydroxylation is 1. The summed E-state index contributed by atoms with van der Waals surface area (Å²) in [6, 6.07) is 6.93. The highest BCUT2D eigenvalue weighted by atomic mass is 32.1. The van der Waals surface area contributed by atoms with Gasteiger partial charge >= 0.3 is 0 Å². The summed E-state index contributed by atoms with van der Waals surface area (Å²) >= 11 is 1.77. The third-order valence-electron chi connectivity index (χ3n) is 3.71. The zero-order valence-electron chi connectivity index (χ0n) is 10.9. The van der Waals surface area contributed by atoms with E-state index in [1.54, 1.807) is 11.3 Å². The summed E-state index contributed by atoms with van der Waals surface area (Å²) < 4.78 is 1.29. The minimum absolute atomic E-state index is 0.333. The maximum absolute atomic E-state index is 6.07. The van der Waals surface area contributed by atoms with Gasteiger partial charge in [-0.1, -0.05) is 13.0 Å². The first-order valence-electron chi connectivity index (χ1n) is 6.46. The van der Waals surface area contributed by atoms with Crippen molar-refractivity contribution >= 4 is 21.6 Å². The van der Waals surface area contributed by atoms with Crippen molar-refractivity contribution in [2.24, 2.45) is 11.7 Å². The van der Waals surface area contributed by atoms with Crippen LogP contribution in [-0.2, 0) is 6.54 Å². The zero-order valence-corrected chi connectivity index (χ0v) is 11.7. The fraction of sp³-hybridized carbons (Fsp3) is 0.500. The number of benzene rings is 1. The molecule has 2 unspecified atom stereocenters. The molecule has 1 saturated heterocycles. The van der Waals surface area contributed by atoms with Gasteiger partial charge in [0.05, 0.1) is 15.2 Å². The van der Waals surface area contributed by atoms with Crippen LogP contribution in [0.2, 0.25) is 0 Å². The molecule has 0 saturated carbocycles. The van der Waals surface area contributed by atoms with Gasteiger partial charge in [0.2, 0.25) is 0 Å². The van der Waals surface area contributed by atoms with E-state index in [9.17, 15) is 0 Å². The third-order valence-corrected chi connectivity index (χ3v) is 4.65. The van der Waals surface area contributed by atoms with E-state index in [1.165, 1.54) is 10.3 Å². The maximum Gasteiger partial charge on any atom is 0.0907 e. The van der Waals surface area contributed by atoms with Gasteiger partial charge in [0.1, 0.15) is 0 Å². The van der Waals surface area contributed by atoms with Crippen LogP contribution in [0.15, 0.2) is 18.2 Å². The standard InChI is InChI=1S/C14H19N3S/c1-9-6-17(8-12(9)15)7-11-3-4-13-14(5-11)18-10(2)16-13/h3-5,9,12H,6-8,15H2,1-2H3. The topological polar surface area (TPSA) is 42.2 Å². The van der Waals surface area contributed by atoms with E-state index >= 15 is 0 Å². The van der Waals surface area contributed by atoms with E-state index < -0.39 is 0 Å². The van der Waals surface area contributed by atoms with Gasteiger partial charge < -0.3 is 5.73 Å². The Hall–Kier alpha value is -0.970. The summed E-state index contributed by atoms with van der Waals surface area (Å²) in [7, 11) is 0. The molecule has 4 heteroatoms. The van der Waals surface area contributed by atoms with Gasteiger partial charge in [0.25, 0.3) is 0 Å². The molecule has 2 heterocycles. The van der Waals surface area contributed by atoms with Crippen LogP contribution in [0.4, 0.5) is 0 Å². The van der Waals surface area contributed by atoms with Gasteiger partial charge in [-0.25, -0.2) is 4.98 Å². The molecule has 18 heavy (non-hydrogen) atoms. The van der Waals surface area contributed by atoms with Crippen LogP contribution in [0.3, 0.4) is 0 Å². The first kappa shape index (κ1) is 12.1. The number of hydrogen-bond acceptors (Lipinski definition) is 4. The maximum atomic E-state index is 6.07. The second kappa shape index (κ2) is 4.61. The van der Waals surface area contributed by atoms with E-state index in [2.05, 4.69) is 41.9 Å². The van der Waals surface area contributed by atoms with Crippen molar-refractivity contribution in [3.8, 4) is 0 Å². The van der Waals surface area contributed by atoms with Crippen molar-refractivity contribution in [3.63, 3.8) is 0 Å². The Labute approximate surface area is 112 Å². The molecule has 1 aliphatic heterocycles. The lowest BCUT2D eigenvalue weighted by molar-refractivity contribution is 0.319. The Morgan fingerprint density at radius 3 is 3.00 bits per heavy atom. The van der Waals surface area contributed by atoms with Crippen molar-refractivity contribution in [1.82, 2.24) is 9.88 Å². The highest BCUT2D eigenvalue weighted by Gasteiger charge is 2.26. The largest absolute Gasteiger partial charge is 0.326 e. The zero-order chi connectivity index (χ0) is 12.7. The van der Waals surface area contributed by atoms with Gasteiger partial charge in [-0.05, 0) is 30.5 Å². The predicted octanol–water partition coefficient (Wildman–Crippen LogP) is 2.38. The summed E-state index contributed by atoms with van der Waals surface area (Å²) in [6.07, 6.45) is 0. The lowest BCUT2D eigenvalue weighted by atomic mass is 10.1. The van der Waals surface area contributed by atoms with Crippen LogP contribution < -0.4 is 5.73 Å². The molecule has 3 nitrogen and oxygen atoms in total. The molecule has 2 N–H and O–H groups in total. The van der Waals surface area contributed by atoms with Crippen LogP contribution in [0, 0.1) is 12.8 Å². The number of rotatable bonds is 2. The molecule has 0 spiro atoms. The monoisotopic (exact) mass is 261 g/mol. The average molecular weight is 261 g/mol. The van der Waals surface area contributed by atoms with Crippen molar-refractivity contribution in [1.29, 1.82) is 0 Å². The second-order valence-corrected chi connectivity index (χ2v) is 6.60. The number of thiazole rings is 1. The van der Waals surface area contributed by atoms with Gasteiger partial charge in [0, 0.05) is 25.7 Å². The molecular weight excluding hydrogens is 242 g/mol. The molecule has 3 rings (SSSR count). The van der Waals surface area contributed by atoms with Crippen LogP contribution >= 0.6 is 11.3 Å². The molecule has 0 amide bonds. The molecule has 1 aliphatic rings.